The van der Waals surface area contributed by atoms with E-state index in [1.807, 2.05) is 0 Å². The van der Waals surface area contributed by atoms with E-state index in [1.54, 1.807) is 0 Å². The van der Waals surface area contributed by atoms with Gasteiger partial charge in [0, 0.05) is 5.39 Å². The smallest absolute Gasteiger partial charge is 0.137 e. The van der Waals surface area contributed by atoms with E-state index in [0.717, 1.165) is 30.7 Å². The molecular weight excluding hydrogens is 246 g/mol. The van der Waals surface area contributed by atoms with Crippen molar-refractivity contribution in [1.29, 1.82) is 0 Å². The van der Waals surface area contributed by atoms with Crippen molar-refractivity contribution >= 4 is 11.0 Å². The van der Waals surface area contributed by atoms with Crippen LogP contribution in [0.2, 0.25) is 0 Å². The highest BCUT2D eigenvalue weighted by Crippen LogP contribution is 2.30. The molecule has 2 unspecified atom stereocenters. The van der Waals surface area contributed by atoms with Crippen LogP contribution in [0, 0.1) is 12.8 Å². The second-order valence-corrected chi connectivity index (χ2v) is 5.90. The van der Waals surface area contributed by atoms with Gasteiger partial charge in [-0.05, 0) is 43.9 Å². The first-order valence-electron chi connectivity index (χ1n) is 7.88. The molecule has 0 saturated heterocycles. The van der Waals surface area contributed by atoms with E-state index in [1.165, 1.54) is 17.4 Å². The second-order valence-electron chi connectivity index (χ2n) is 5.90. The SMILES string of the molecule is CCCNC(CC(C)CC)c1cc2cccc(C)c2o1. The van der Waals surface area contributed by atoms with Crippen LogP contribution in [0.15, 0.2) is 28.7 Å². The molecule has 2 nitrogen and oxygen atoms in total. The molecule has 1 aromatic heterocycles. The number of para-hydroxylation sites is 1. The number of nitrogens with one attached hydrogen (secondary N) is 1. The Morgan fingerprint density at radius 2 is 2.05 bits per heavy atom. The summed E-state index contributed by atoms with van der Waals surface area (Å²) in [6, 6.07) is 8.88. The highest BCUT2D eigenvalue weighted by atomic mass is 16.3. The predicted octanol–water partition coefficient (Wildman–Crippen LogP) is 5.22. The first-order chi connectivity index (χ1) is 9.65. The van der Waals surface area contributed by atoms with Gasteiger partial charge < -0.3 is 9.73 Å². The first-order valence-corrected chi connectivity index (χ1v) is 7.88. The molecule has 2 atom stereocenters. The van der Waals surface area contributed by atoms with Crippen molar-refractivity contribution in [2.75, 3.05) is 6.54 Å². The quantitative estimate of drug-likeness (QED) is 0.748. The zero-order chi connectivity index (χ0) is 14.5. The van der Waals surface area contributed by atoms with Gasteiger partial charge >= 0.3 is 0 Å². The van der Waals surface area contributed by atoms with Gasteiger partial charge in [0.25, 0.3) is 0 Å². The van der Waals surface area contributed by atoms with Gasteiger partial charge in [-0.1, -0.05) is 45.4 Å². The van der Waals surface area contributed by atoms with E-state index in [0.29, 0.717) is 12.0 Å². The molecule has 2 heteroatoms. The number of fused-ring (bicyclic) bond motifs is 1. The molecule has 0 aliphatic carbocycles. The van der Waals surface area contributed by atoms with E-state index in [4.69, 9.17) is 4.42 Å². The topological polar surface area (TPSA) is 25.2 Å². The molecule has 1 heterocycles. The van der Waals surface area contributed by atoms with Crippen LogP contribution in [0.4, 0.5) is 0 Å². The Balaban J connectivity index is 2.27. The molecule has 0 aliphatic heterocycles. The molecule has 2 aromatic rings. The Morgan fingerprint density at radius 1 is 1.25 bits per heavy atom. The number of furan rings is 1. The van der Waals surface area contributed by atoms with Gasteiger partial charge in [-0.15, -0.1) is 0 Å². The average Bonchev–Trinajstić information content (AvgIpc) is 2.88. The molecule has 110 valence electrons. The molecule has 20 heavy (non-hydrogen) atoms. The summed E-state index contributed by atoms with van der Waals surface area (Å²) in [5.41, 5.74) is 2.25. The second kappa shape index (κ2) is 6.94. The van der Waals surface area contributed by atoms with E-state index >= 15 is 0 Å². The monoisotopic (exact) mass is 273 g/mol. The summed E-state index contributed by atoms with van der Waals surface area (Å²) < 4.78 is 6.14. The number of rotatable bonds is 7. The minimum atomic E-state index is 0.330. The number of hydrogen-bond acceptors (Lipinski definition) is 2. The van der Waals surface area contributed by atoms with Crippen LogP contribution in [0.1, 0.15) is 57.4 Å². The fraction of sp³-hybridized carbons (Fsp3) is 0.556. The Morgan fingerprint density at radius 3 is 2.70 bits per heavy atom. The lowest BCUT2D eigenvalue weighted by Gasteiger charge is -2.19. The van der Waals surface area contributed by atoms with Gasteiger partial charge in [0.1, 0.15) is 11.3 Å². The van der Waals surface area contributed by atoms with E-state index < -0.39 is 0 Å². The Kier molecular flexibility index (Phi) is 5.24. The van der Waals surface area contributed by atoms with Gasteiger partial charge in [-0.3, -0.25) is 0 Å². The van der Waals surface area contributed by atoms with E-state index in [2.05, 4.69) is 57.3 Å². The van der Waals surface area contributed by atoms with Crippen LogP contribution in [0.25, 0.3) is 11.0 Å². The highest BCUT2D eigenvalue weighted by Gasteiger charge is 2.18. The molecule has 1 aromatic carbocycles. The Labute approximate surface area is 122 Å². The zero-order valence-corrected chi connectivity index (χ0v) is 13.2. The molecule has 0 bridgehead atoms. The number of hydrogen-bond donors (Lipinski definition) is 1. The van der Waals surface area contributed by atoms with Gasteiger partial charge in [-0.2, -0.15) is 0 Å². The third-order valence-corrected chi connectivity index (χ3v) is 4.08. The van der Waals surface area contributed by atoms with Crippen molar-refractivity contribution in [2.45, 2.75) is 53.0 Å². The Bertz CT molecular complexity index is 543. The van der Waals surface area contributed by atoms with Gasteiger partial charge in [0.15, 0.2) is 0 Å². The molecule has 0 spiro atoms. The van der Waals surface area contributed by atoms with E-state index in [9.17, 15) is 0 Å². The summed E-state index contributed by atoms with van der Waals surface area (Å²) in [5.74, 6) is 1.79. The van der Waals surface area contributed by atoms with Crippen molar-refractivity contribution in [3.05, 3.63) is 35.6 Å². The van der Waals surface area contributed by atoms with Crippen LogP contribution >= 0.6 is 0 Å². The van der Waals surface area contributed by atoms with Crippen LogP contribution in [0.5, 0.6) is 0 Å². The molecule has 0 saturated carbocycles. The standard InChI is InChI=1S/C18H27NO/c1-5-10-19-16(11-13(3)6-2)17-12-15-9-7-8-14(4)18(15)20-17/h7-9,12-13,16,19H,5-6,10-11H2,1-4H3. The molecule has 2 rings (SSSR count). The summed E-state index contributed by atoms with van der Waals surface area (Å²) in [6.07, 6.45) is 3.50. The minimum absolute atomic E-state index is 0.330. The maximum atomic E-state index is 6.14. The summed E-state index contributed by atoms with van der Waals surface area (Å²) in [7, 11) is 0. The molecule has 0 amide bonds. The van der Waals surface area contributed by atoms with Gasteiger partial charge in [-0.25, -0.2) is 0 Å². The third-order valence-electron chi connectivity index (χ3n) is 4.08. The minimum Gasteiger partial charge on any atom is -0.459 e. The Hall–Kier alpha value is -1.28. The lowest BCUT2D eigenvalue weighted by Crippen LogP contribution is -2.23. The third kappa shape index (κ3) is 3.43. The van der Waals surface area contributed by atoms with Crippen LogP contribution in [0.3, 0.4) is 0 Å². The fourth-order valence-electron chi connectivity index (χ4n) is 2.59. The van der Waals surface area contributed by atoms with Gasteiger partial charge in [0.05, 0.1) is 6.04 Å². The van der Waals surface area contributed by atoms with Crippen LogP contribution in [-0.2, 0) is 0 Å². The highest BCUT2D eigenvalue weighted by molar-refractivity contribution is 5.80. The summed E-state index contributed by atoms with van der Waals surface area (Å²) in [5, 5.41) is 4.85. The van der Waals surface area contributed by atoms with Crippen molar-refractivity contribution in [1.82, 2.24) is 5.32 Å². The molecular formula is C18H27NO. The molecule has 1 N–H and O–H groups in total. The normalized spacial score (nSPS) is 14.6. The first kappa shape index (κ1) is 15.1. The van der Waals surface area contributed by atoms with Crippen molar-refractivity contribution in [3.8, 4) is 0 Å². The average molecular weight is 273 g/mol. The van der Waals surface area contributed by atoms with Crippen LogP contribution in [-0.4, -0.2) is 6.54 Å². The fourth-order valence-corrected chi connectivity index (χ4v) is 2.59. The molecule has 0 fully saturated rings. The number of benzene rings is 1. The van der Waals surface area contributed by atoms with Crippen molar-refractivity contribution in [2.24, 2.45) is 5.92 Å². The molecule has 0 aliphatic rings. The maximum Gasteiger partial charge on any atom is 0.137 e. The number of aryl methyl sites for hydroxylation is 1. The lowest BCUT2D eigenvalue weighted by molar-refractivity contribution is 0.355. The zero-order valence-electron chi connectivity index (χ0n) is 13.2. The van der Waals surface area contributed by atoms with Gasteiger partial charge in [0.2, 0.25) is 0 Å². The molecule has 0 radical (unpaired) electrons. The maximum absolute atomic E-state index is 6.14. The predicted molar refractivity (Wildman–Crippen MR) is 86.1 cm³/mol. The lowest BCUT2D eigenvalue weighted by atomic mass is 9.97. The summed E-state index contributed by atoms with van der Waals surface area (Å²) in [4.78, 5) is 0. The van der Waals surface area contributed by atoms with E-state index in [-0.39, 0.29) is 0 Å². The van der Waals surface area contributed by atoms with Crippen molar-refractivity contribution in [3.63, 3.8) is 0 Å². The summed E-state index contributed by atoms with van der Waals surface area (Å²) in [6.45, 7) is 9.92. The van der Waals surface area contributed by atoms with Crippen LogP contribution < -0.4 is 5.32 Å². The summed E-state index contributed by atoms with van der Waals surface area (Å²) >= 11 is 0. The van der Waals surface area contributed by atoms with Crippen molar-refractivity contribution < 1.29 is 4.42 Å². The largest absolute Gasteiger partial charge is 0.459 e.